The lowest BCUT2D eigenvalue weighted by Gasteiger charge is -2.38. The molecule has 0 aliphatic heterocycles. The number of hydrogen-bond donors (Lipinski definition) is 1. The van der Waals surface area contributed by atoms with Gasteiger partial charge < -0.3 is 10.5 Å². The van der Waals surface area contributed by atoms with Gasteiger partial charge in [-0.2, -0.15) is 0 Å². The highest BCUT2D eigenvalue weighted by Gasteiger charge is 2.28. The van der Waals surface area contributed by atoms with Gasteiger partial charge in [0.1, 0.15) is 5.75 Å². The van der Waals surface area contributed by atoms with Crippen LogP contribution < -0.4 is 10.5 Å². The largest absolute Gasteiger partial charge is 0.496 e. The molecule has 2 rings (SSSR count). The zero-order valence-electron chi connectivity index (χ0n) is 14.0. The second-order valence-electron chi connectivity index (χ2n) is 7.16. The summed E-state index contributed by atoms with van der Waals surface area (Å²) in [5.41, 5.74) is 8.64. The molecule has 0 saturated heterocycles. The van der Waals surface area contributed by atoms with E-state index in [1.165, 1.54) is 31.2 Å². The monoisotopic (exact) mass is 290 g/mol. The third kappa shape index (κ3) is 4.21. The first-order valence-electron chi connectivity index (χ1n) is 8.01. The molecule has 0 unspecified atom stereocenters. The van der Waals surface area contributed by atoms with E-state index in [1.807, 2.05) is 0 Å². The summed E-state index contributed by atoms with van der Waals surface area (Å²) in [7, 11) is 3.96. The van der Waals surface area contributed by atoms with E-state index in [0.29, 0.717) is 18.0 Å². The highest BCUT2D eigenvalue weighted by atomic mass is 16.5. The minimum Gasteiger partial charge on any atom is -0.496 e. The summed E-state index contributed by atoms with van der Waals surface area (Å²) in [5, 5.41) is 0. The molecule has 0 radical (unpaired) electrons. The fraction of sp³-hybridized carbons (Fsp3) is 0.667. The van der Waals surface area contributed by atoms with Crippen LogP contribution in [0.25, 0.3) is 0 Å². The van der Waals surface area contributed by atoms with Crippen molar-refractivity contribution in [2.75, 3.05) is 14.2 Å². The molecule has 1 aromatic rings. The van der Waals surface area contributed by atoms with Crippen LogP contribution in [0.5, 0.6) is 5.75 Å². The van der Waals surface area contributed by atoms with E-state index in [-0.39, 0.29) is 0 Å². The van der Waals surface area contributed by atoms with Crippen molar-refractivity contribution in [2.24, 2.45) is 11.1 Å². The van der Waals surface area contributed by atoms with Gasteiger partial charge in [0, 0.05) is 24.7 Å². The molecular formula is C18H30N2O. The standard InChI is InChI=1S/C18H30N2O/c1-18(2)9-7-16(8-10-18)20(3)13-14-5-6-15(12-19)17(11-14)21-4/h5-6,11,16H,7-10,12-13,19H2,1-4H3. The zero-order chi connectivity index (χ0) is 15.5. The number of benzene rings is 1. The molecule has 3 heteroatoms. The molecule has 1 fully saturated rings. The Morgan fingerprint density at radius 3 is 2.52 bits per heavy atom. The van der Waals surface area contributed by atoms with Crippen molar-refractivity contribution in [3.05, 3.63) is 29.3 Å². The van der Waals surface area contributed by atoms with Crippen LogP contribution in [-0.2, 0) is 13.1 Å². The maximum atomic E-state index is 5.73. The molecule has 21 heavy (non-hydrogen) atoms. The minimum absolute atomic E-state index is 0.525. The molecule has 0 heterocycles. The molecule has 0 bridgehead atoms. The van der Waals surface area contributed by atoms with Gasteiger partial charge in [0.05, 0.1) is 7.11 Å². The number of rotatable bonds is 5. The molecule has 2 N–H and O–H groups in total. The average molecular weight is 290 g/mol. The van der Waals surface area contributed by atoms with Crippen LogP contribution in [0.15, 0.2) is 18.2 Å². The SMILES string of the molecule is COc1cc(CN(C)C2CCC(C)(C)CC2)ccc1CN. The van der Waals surface area contributed by atoms with Gasteiger partial charge in [0.25, 0.3) is 0 Å². The summed E-state index contributed by atoms with van der Waals surface area (Å²) in [6.45, 7) is 6.28. The average Bonchev–Trinajstić information content (AvgIpc) is 2.46. The van der Waals surface area contributed by atoms with Gasteiger partial charge in [-0.05, 0) is 49.8 Å². The lowest BCUT2D eigenvalue weighted by Crippen LogP contribution is -2.36. The van der Waals surface area contributed by atoms with Crippen molar-refractivity contribution in [1.29, 1.82) is 0 Å². The van der Waals surface area contributed by atoms with Gasteiger partial charge >= 0.3 is 0 Å². The maximum absolute atomic E-state index is 5.73. The fourth-order valence-corrected chi connectivity index (χ4v) is 3.30. The number of methoxy groups -OCH3 is 1. The summed E-state index contributed by atoms with van der Waals surface area (Å²) < 4.78 is 5.43. The molecule has 1 aliphatic carbocycles. The Hall–Kier alpha value is -1.06. The molecule has 1 saturated carbocycles. The van der Waals surface area contributed by atoms with E-state index < -0.39 is 0 Å². The number of nitrogens with zero attached hydrogens (tertiary/aromatic N) is 1. The number of ether oxygens (including phenoxy) is 1. The third-order valence-corrected chi connectivity index (χ3v) is 4.94. The molecule has 0 spiro atoms. The highest BCUT2D eigenvalue weighted by Crippen LogP contribution is 2.37. The van der Waals surface area contributed by atoms with E-state index in [4.69, 9.17) is 10.5 Å². The molecule has 0 atom stereocenters. The normalized spacial score (nSPS) is 19.0. The summed E-state index contributed by atoms with van der Waals surface area (Å²) in [5.74, 6) is 0.910. The van der Waals surface area contributed by atoms with Crippen LogP contribution in [0, 0.1) is 5.41 Å². The first kappa shape index (κ1) is 16.3. The van der Waals surface area contributed by atoms with Gasteiger partial charge in [-0.15, -0.1) is 0 Å². The Labute approximate surface area is 129 Å². The number of nitrogens with two attached hydrogens (primary N) is 1. The predicted molar refractivity (Wildman–Crippen MR) is 88.4 cm³/mol. The van der Waals surface area contributed by atoms with Gasteiger partial charge in [0.2, 0.25) is 0 Å². The van der Waals surface area contributed by atoms with Crippen molar-refractivity contribution >= 4 is 0 Å². The van der Waals surface area contributed by atoms with Crippen LogP contribution in [0.3, 0.4) is 0 Å². The number of hydrogen-bond acceptors (Lipinski definition) is 3. The van der Waals surface area contributed by atoms with Crippen molar-refractivity contribution in [2.45, 2.75) is 58.7 Å². The smallest absolute Gasteiger partial charge is 0.123 e. The second kappa shape index (κ2) is 6.80. The van der Waals surface area contributed by atoms with Gasteiger partial charge in [-0.1, -0.05) is 26.0 Å². The molecule has 1 aromatic carbocycles. The Morgan fingerprint density at radius 2 is 1.95 bits per heavy atom. The van der Waals surface area contributed by atoms with E-state index in [2.05, 4.69) is 44.0 Å². The van der Waals surface area contributed by atoms with E-state index in [9.17, 15) is 0 Å². The molecule has 118 valence electrons. The molecular weight excluding hydrogens is 260 g/mol. The van der Waals surface area contributed by atoms with Gasteiger partial charge in [-0.3, -0.25) is 4.90 Å². The van der Waals surface area contributed by atoms with Crippen LogP contribution in [0.2, 0.25) is 0 Å². The molecule has 0 aromatic heterocycles. The lowest BCUT2D eigenvalue weighted by atomic mass is 9.75. The highest BCUT2D eigenvalue weighted by molar-refractivity contribution is 5.37. The van der Waals surface area contributed by atoms with E-state index in [1.54, 1.807) is 7.11 Å². The minimum atomic E-state index is 0.525. The first-order chi connectivity index (χ1) is 9.95. The first-order valence-corrected chi connectivity index (χ1v) is 8.01. The second-order valence-corrected chi connectivity index (χ2v) is 7.16. The zero-order valence-corrected chi connectivity index (χ0v) is 14.0. The van der Waals surface area contributed by atoms with Crippen molar-refractivity contribution < 1.29 is 4.74 Å². The van der Waals surface area contributed by atoms with E-state index >= 15 is 0 Å². The Balaban J connectivity index is 1.98. The van der Waals surface area contributed by atoms with Crippen molar-refractivity contribution in [3.63, 3.8) is 0 Å². The van der Waals surface area contributed by atoms with Gasteiger partial charge in [0.15, 0.2) is 0 Å². The lowest BCUT2D eigenvalue weighted by molar-refractivity contribution is 0.123. The summed E-state index contributed by atoms with van der Waals surface area (Å²) in [6, 6.07) is 7.10. The maximum Gasteiger partial charge on any atom is 0.123 e. The summed E-state index contributed by atoms with van der Waals surface area (Å²) in [6.07, 6.45) is 5.28. The van der Waals surface area contributed by atoms with Crippen LogP contribution in [0.1, 0.15) is 50.7 Å². The summed E-state index contributed by atoms with van der Waals surface area (Å²) in [4.78, 5) is 2.49. The van der Waals surface area contributed by atoms with Crippen LogP contribution >= 0.6 is 0 Å². The quantitative estimate of drug-likeness (QED) is 0.901. The predicted octanol–water partition coefficient (Wildman–Crippen LogP) is 3.55. The molecule has 0 amide bonds. The fourth-order valence-electron chi connectivity index (χ4n) is 3.30. The topological polar surface area (TPSA) is 38.5 Å². The summed E-state index contributed by atoms with van der Waals surface area (Å²) >= 11 is 0. The third-order valence-electron chi connectivity index (χ3n) is 4.94. The molecule has 1 aliphatic rings. The Morgan fingerprint density at radius 1 is 1.29 bits per heavy atom. The van der Waals surface area contributed by atoms with Crippen molar-refractivity contribution in [1.82, 2.24) is 4.90 Å². The molecule has 3 nitrogen and oxygen atoms in total. The van der Waals surface area contributed by atoms with Crippen LogP contribution in [-0.4, -0.2) is 25.1 Å². The van der Waals surface area contributed by atoms with Gasteiger partial charge in [-0.25, -0.2) is 0 Å². The van der Waals surface area contributed by atoms with E-state index in [0.717, 1.165) is 17.9 Å². The Kier molecular flexibility index (Phi) is 5.28. The Bertz CT molecular complexity index is 460. The van der Waals surface area contributed by atoms with Crippen LogP contribution in [0.4, 0.5) is 0 Å². The van der Waals surface area contributed by atoms with Crippen molar-refractivity contribution in [3.8, 4) is 5.75 Å².